The molecule has 0 amide bonds. The molecule has 3 rings (SSSR count). The highest BCUT2D eigenvalue weighted by molar-refractivity contribution is 6.35. The van der Waals surface area contributed by atoms with Crippen molar-refractivity contribution in [1.82, 2.24) is 4.98 Å². The first kappa shape index (κ1) is 12.3. The minimum atomic E-state index is 0.607. The van der Waals surface area contributed by atoms with Crippen LogP contribution in [0.15, 0.2) is 24.3 Å². The van der Waals surface area contributed by atoms with Crippen molar-refractivity contribution in [2.75, 3.05) is 0 Å². The van der Waals surface area contributed by atoms with Crippen molar-refractivity contribution >= 4 is 34.8 Å². The zero-order chi connectivity index (χ0) is 12.7. The number of hydrogen-bond acceptors (Lipinski definition) is 1. The summed E-state index contributed by atoms with van der Waals surface area (Å²) in [6.07, 6.45) is 3.15. The molecule has 0 fully saturated rings. The molecular formula is C14H10Cl3N. The first-order chi connectivity index (χ1) is 8.63. The van der Waals surface area contributed by atoms with Crippen molar-refractivity contribution in [2.45, 2.75) is 19.3 Å². The Morgan fingerprint density at radius 3 is 2.33 bits per heavy atom. The molecule has 0 saturated carbocycles. The largest absolute Gasteiger partial charge is 0.252 e. The number of pyridine rings is 1. The molecule has 1 aliphatic carbocycles. The molecule has 2 aromatic rings. The predicted molar refractivity (Wildman–Crippen MR) is 76.7 cm³/mol. The number of aryl methyl sites for hydroxylation is 1. The summed E-state index contributed by atoms with van der Waals surface area (Å²) in [6.45, 7) is 0. The van der Waals surface area contributed by atoms with E-state index in [1.54, 1.807) is 6.07 Å². The van der Waals surface area contributed by atoms with E-state index in [0.717, 1.165) is 41.2 Å². The van der Waals surface area contributed by atoms with Crippen LogP contribution < -0.4 is 0 Å². The van der Waals surface area contributed by atoms with Crippen molar-refractivity contribution in [3.63, 3.8) is 0 Å². The van der Waals surface area contributed by atoms with Crippen LogP contribution in [0.5, 0.6) is 0 Å². The van der Waals surface area contributed by atoms with E-state index in [4.69, 9.17) is 34.8 Å². The Balaban J connectivity index is 2.15. The van der Waals surface area contributed by atoms with Gasteiger partial charge in [0.1, 0.15) is 0 Å². The molecule has 1 heterocycles. The minimum absolute atomic E-state index is 0.607. The SMILES string of the molecule is Clc1cc(Cl)cc(-c2cc(Cl)c3c(n2)CCC3)c1. The van der Waals surface area contributed by atoms with E-state index in [2.05, 4.69) is 4.98 Å². The third-order valence-electron chi connectivity index (χ3n) is 3.15. The third kappa shape index (κ3) is 2.23. The highest BCUT2D eigenvalue weighted by Crippen LogP contribution is 2.33. The first-order valence-corrected chi connectivity index (χ1v) is 6.91. The van der Waals surface area contributed by atoms with Gasteiger partial charge < -0.3 is 0 Å². The fourth-order valence-corrected chi connectivity index (χ4v) is 3.18. The summed E-state index contributed by atoms with van der Waals surface area (Å²) in [5.41, 5.74) is 4.04. The lowest BCUT2D eigenvalue weighted by atomic mass is 10.1. The van der Waals surface area contributed by atoms with Gasteiger partial charge in [-0.2, -0.15) is 0 Å². The number of benzene rings is 1. The molecule has 1 aliphatic rings. The summed E-state index contributed by atoms with van der Waals surface area (Å²) in [4.78, 5) is 4.66. The van der Waals surface area contributed by atoms with Gasteiger partial charge in [0.15, 0.2) is 0 Å². The Labute approximate surface area is 121 Å². The molecular weight excluding hydrogens is 289 g/mol. The zero-order valence-electron chi connectivity index (χ0n) is 9.51. The predicted octanol–water partition coefficient (Wildman–Crippen LogP) is 5.20. The number of rotatable bonds is 1. The normalized spacial score (nSPS) is 13.7. The number of aromatic nitrogens is 1. The number of fused-ring (bicyclic) bond motifs is 1. The smallest absolute Gasteiger partial charge is 0.0721 e. The van der Waals surface area contributed by atoms with E-state index in [0.29, 0.717) is 10.0 Å². The maximum Gasteiger partial charge on any atom is 0.0721 e. The second kappa shape index (κ2) is 4.73. The Morgan fingerprint density at radius 1 is 0.889 bits per heavy atom. The summed E-state index contributed by atoms with van der Waals surface area (Å²) in [5, 5.41) is 2.01. The Kier molecular flexibility index (Phi) is 3.23. The van der Waals surface area contributed by atoms with Crippen LogP contribution in [0.3, 0.4) is 0 Å². The van der Waals surface area contributed by atoms with Crippen molar-refractivity contribution in [1.29, 1.82) is 0 Å². The molecule has 92 valence electrons. The van der Waals surface area contributed by atoms with Gasteiger partial charge in [-0.25, -0.2) is 0 Å². The van der Waals surface area contributed by atoms with Gasteiger partial charge in [0.25, 0.3) is 0 Å². The molecule has 1 aromatic heterocycles. The van der Waals surface area contributed by atoms with Gasteiger partial charge in [0.05, 0.1) is 5.69 Å². The van der Waals surface area contributed by atoms with Crippen molar-refractivity contribution in [2.24, 2.45) is 0 Å². The lowest BCUT2D eigenvalue weighted by Crippen LogP contribution is -1.93. The first-order valence-electron chi connectivity index (χ1n) is 5.78. The summed E-state index contributed by atoms with van der Waals surface area (Å²) in [5.74, 6) is 0. The molecule has 0 atom stereocenters. The van der Waals surface area contributed by atoms with Crippen LogP contribution in [-0.2, 0) is 12.8 Å². The van der Waals surface area contributed by atoms with Crippen molar-refractivity contribution < 1.29 is 0 Å². The van der Waals surface area contributed by atoms with Crippen LogP contribution in [0.1, 0.15) is 17.7 Å². The summed E-state index contributed by atoms with van der Waals surface area (Å²) in [6, 6.07) is 7.32. The molecule has 1 nitrogen and oxygen atoms in total. The number of nitrogens with zero attached hydrogens (tertiary/aromatic N) is 1. The van der Waals surface area contributed by atoms with Crippen LogP contribution >= 0.6 is 34.8 Å². The average molecular weight is 299 g/mol. The third-order valence-corrected chi connectivity index (χ3v) is 3.93. The zero-order valence-corrected chi connectivity index (χ0v) is 11.8. The number of hydrogen-bond donors (Lipinski definition) is 0. The molecule has 0 bridgehead atoms. The Hall–Kier alpha value is -0.760. The second-order valence-electron chi connectivity index (χ2n) is 4.43. The monoisotopic (exact) mass is 297 g/mol. The molecule has 0 N–H and O–H groups in total. The van der Waals surface area contributed by atoms with E-state index in [-0.39, 0.29) is 0 Å². The van der Waals surface area contributed by atoms with Crippen molar-refractivity contribution in [3.8, 4) is 11.3 Å². The molecule has 4 heteroatoms. The van der Waals surface area contributed by atoms with E-state index in [1.807, 2.05) is 18.2 Å². The summed E-state index contributed by atoms with van der Waals surface area (Å²) in [7, 11) is 0. The lowest BCUT2D eigenvalue weighted by Gasteiger charge is -2.07. The van der Waals surface area contributed by atoms with Gasteiger partial charge in [0, 0.05) is 26.3 Å². The quantitative estimate of drug-likeness (QED) is 0.705. The van der Waals surface area contributed by atoms with Crippen LogP contribution in [0.4, 0.5) is 0 Å². The maximum atomic E-state index is 6.30. The van der Waals surface area contributed by atoms with Gasteiger partial charge in [-0.3, -0.25) is 4.98 Å². The number of halogens is 3. The van der Waals surface area contributed by atoms with E-state index < -0.39 is 0 Å². The molecule has 18 heavy (non-hydrogen) atoms. The van der Waals surface area contributed by atoms with Crippen LogP contribution in [0, 0.1) is 0 Å². The standard InChI is InChI=1S/C14H10Cl3N/c15-9-4-8(5-10(16)6-9)14-7-12(17)11-2-1-3-13(11)18-14/h4-7H,1-3H2. The summed E-state index contributed by atoms with van der Waals surface area (Å²) >= 11 is 18.3. The van der Waals surface area contributed by atoms with Gasteiger partial charge in [-0.1, -0.05) is 34.8 Å². The second-order valence-corrected chi connectivity index (χ2v) is 5.71. The van der Waals surface area contributed by atoms with Crippen LogP contribution in [0.25, 0.3) is 11.3 Å². The Morgan fingerprint density at radius 2 is 1.61 bits per heavy atom. The highest BCUT2D eigenvalue weighted by atomic mass is 35.5. The Bertz CT molecular complexity index is 602. The topological polar surface area (TPSA) is 12.9 Å². The van der Waals surface area contributed by atoms with E-state index in [9.17, 15) is 0 Å². The fourth-order valence-electron chi connectivity index (χ4n) is 2.34. The summed E-state index contributed by atoms with van der Waals surface area (Å²) < 4.78 is 0. The highest BCUT2D eigenvalue weighted by Gasteiger charge is 2.17. The van der Waals surface area contributed by atoms with Crippen LogP contribution in [-0.4, -0.2) is 4.98 Å². The minimum Gasteiger partial charge on any atom is -0.252 e. The van der Waals surface area contributed by atoms with E-state index >= 15 is 0 Å². The maximum absolute atomic E-state index is 6.30. The molecule has 0 saturated heterocycles. The lowest BCUT2D eigenvalue weighted by molar-refractivity contribution is 0.900. The fraction of sp³-hybridized carbons (Fsp3) is 0.214. The molecule has 0 spiro atoms. The molecule has 0 radical (unpaired) electrons. The average Bonchev–Trinajstić information content (AvgIpc) is 2.76. The van der Waals surface area contributed by atoms with Gasteiger partial charge in [-0.15, -0.1) is 0 Å². The molecule has 1 aromatic carbocycles. The van der Waals surface area contributed by atoms with Gasteiger partial charge >= 0.3 is 0 Å². The van der Waals surface area contributed by atoms with Crippen LogP contribution in [0.2, 0.25) is 15.1 Å². The van der Waals surface area contributed by atoms with Gasteiger partial charge in [0.2, 0.25) is 0 Å². The molecule has 0 unspecified atom stereocenters. The van der Waals surface area contributed by atoms with Crippen molar-refractivity contribution in [3.05, 3.63) is 50.6 Å². The van der Waals surface area contributed by atoms with E-state index in [1.165, 1.54) is 5.56 Å². The molecule has 0 aliphatic heterocycles. The van der Waals surface area contributed by atoms with Gasteiger partial charge in [-0.05, 0) is 49.1 Å².